The Balaban J connectivity index is 1.59. The largest absolute Gasteiger partial charge is 0.338 e. The summed E-state index contributed by atoms with van der Waals surface area (Å²) in [7, 11) is 0. The first-order valence-electron chi connectivity index (χ1n) is 7.78. The van der Waals surface area contributed by atoms with E-state index in [4.69, 9.17) is 4.98 Å². The monoisotopic (exact) mass is 349 g/mol. The average Bonchev–Trinajstić information content (AvgIpc) is 2.98. The van der Waals surface area contributed by atoms with Crippen molar-refractivity contribution in [2.75, 3.05) is 24.5 Å². The highest BCUT2D eigenvalue weighted by Gasteiger charge is 2.28. The molecule has 1 saturated heterocycles. The Morgan fingerprint density at radius 3 is 2.95 bits per heavy atom. The third kappa shape index (κ3) is 3.06. The van der Waals surface area contributed by atoms with Crippen LogP contribution in [-0.4, -0.2) is 40.3 Å². The highest BCUT2D eigenvalue weighted by Crippen LogP contribution is 2.31. The summed E-state index contributed by atoms with van der Waals surface area (Å²) in [6, 6.07) is 4.60. The molecule has 0 radical (unpaired) electrons. The smallest absolute Gasteiger partial charge is 0.245 e. The number of anilines is 1. The summed E-state index contributed by atoms with van der Waals surface area (Å²) in [5.74, 6) is 1.71. The minimum Gasteiger partial charge on any atom is -0.338 e. The molecule has 2 aliphatic rings. The second-order valence-corrected chi connectivity index (χ2v) is 7.12. The number of rotatable bonds is 5. The van der Waals surface area contributed by atoms with E-state index >= 15 is 0 Å². The fourth-order valence-electron chi connectivity index (χ4n) is 3.01. The molecule has 1 N–H and O–H groups in total. The van der Waals surface area contributed by atoms with Gasteiger partial charge in [0.1, 0.15) is 0 Å². The van der Waals surface area contributed by atoms with Crippen molar-refractivity contribution >= 4 is 27.5 Å². The number of aromatic nitrogens is 3. The van der Waals surface area contributed by atoms with Crippen LogP contribution in [0.1, 0.15) is 25.7 Å². The lowest BCUT2D eigenvalue weighted by molar-refractivity contribution is 0.563. The summed E-state index contributed by atoms with van der Waals surface area (Å²) >= 11 is 3.49. The first kappa shape index (κ1) is 13.5. The molecule has 2 aromatic heterocycles. The molecule has 1 unspecified atom stereocenters. The van der Waals surface area contributed by atoms with E-state index in [-0.39, 0.29) is 0 Å². The van der Waals surface area contributed by atoms with Crippen molar-refractivity contribution in [3.05, 3.63) is 22.8 Å². The highest BCUT2D eigenvalue weighted by atomic mass is 79.9. The standard InChI is InChI=1S/C15H20BrN5/c16-12-5-6-14-18-15(19-21(14)9-12)20(8-11-3-4-11)10-13-2-1-7-17-13/h5-6,9,11,13,17H,1-4,7-8,10H2. The molecule has 21 heavy (non-hydrogen) atoms. The molecule has 1 saturated carbocycles. The van der Waals surface area contributed by atoms with E-state index in [1.807, 2.05) is 22.8 Å². The molecule has 1 aliphatic heterocycles. The number of nitrogens with zero attached hydrogens (tertiary/aromatic N) is 4. The van der Waals surface area contributed by atoms with E-state index in [1.165, 1.54) is 25.7 Å². The molecule has 112 valence electrons. The van der Waals surface area contributed by atoms with Crippen molar-refractivity contribution < 1.29 is 0 Å². The van der Waals surface area contributed by atoms with Crippen LogP contribution in [0.25, 0.3) is 5.65 Å². The van der Waals surface area contributed by atoms with Gasteiger partial charge in [0.15, 0.2) is 5.65 Å². The van der Waals surface area contributed by atoms with Crippen molar-refractivity contribution in [2.45, 2.75) is 31.7 Å². The van der Waals surface area contributed by atoms with Crippen molar-refractivity contribution in [3.63, 3.8) is 0 Å². The summed E-state index contributed by atoms with van der Waals surface area (Å²) < 4.78 is 2.89. The van der Waals surface area contributed by atoms with Crippen LogP contribution in [0.3, 0.4) is 0 Å². The normalized spacial score (nSPS) is 22.0. The zero-order chi connectivity index (χ0) is 14.2. The van der Waals surface area contributed by atoms with Crippen LogP contribution in [0.4, 0.5) is 5.95 Å². The van der Waals surface area contributed by atoms with Crippen LogP contribution in [0.5, 0.6) is 0 Å². The summed E-state index contributed by atoms with van der Waals surface area (Å²) in [6.45, 7) is 3.26. The highest BCUT2D eigenvalue weighted by molar-refractivity contribution is 9.10. The number of hydrogen-bond acceptors (Lipinski definition) is 4. The molecule has 1 atom stereocenters. The number of hydrogen-bond donors (Lipinski definition) is 1. The number of nitrogens with one attached hydrogen (secondary N) is 1. The summed E-state index contributed by atoms with van der Waals surface area (Å²) in [5.41, 5.74) is 0.911. The average molecular weight is 350 g/mol. The maximum Gasteiger partial charge on any atom is 0.245 e. The fourth-order valence-corrected chi connectivity index (χ4v) is 3.33. The number of fused-ring (bicyclic) bond motifs is 1. The molecule has 5 nitrogen and oxygen atoms in total. The van der Waals surface area contributed by atoms with E-state index in [9.17, 15) is 0 Å². The lowest BCUT2D eigenvalue weighted by Crippen LogP contribution is -2.39. The van der Waals surface area contributed by atoms with E-state index in [0.717, 1.165) is 41.6 Å². The molecule has 0 amide bonds. The molecule has 0 bridgehead atoms. The molecule has 0 aromatic carbocycles. The van der Waals surface area contributed by atoms with Crippen molar-refractivity contribution in [2.24, 2.45) is 5.92 Å². The van der Waals surface area contributed by atoms with Gasteiger partial charge in [0, 0.05) is 29.8 Å². The molecular weight excluding hydrogens is 330 g/mol. The van der Waals surface area contributed by atoms with Gasteiger partial charge >= 0.3 is 0 Å². The Bertz CT molecular complexity index is 630. The molecule has 0 spiro atoms. The third-order valence-corrected chi connectivity index (χ3v) is 4.81. The third-order valence-electron chi connectivity index (χ3n) is 4.35. The summed E-state index contributed by atoms with van der Waals surface area (Å²) in [4.78, 5) is 7.08. The topological polar surface area (TPSA) is 45.5 Å². The molecule has 1 aliphatic carbocycles. The van der Waals surface area contributed by atoms with Gasteiger partial charge in [-0.3, -0.25) is 0 Å². The first-order valence-corrected chi connectivity index (χ1v) is 8.57. The minimum absolute atomic E-state index is 0.585. The van der Waals surface area contributed by atoms with E-state index in [1.54, 1.807) is 0 Å². The van der Waals surface area contributed by atoms with Crippen molar-refractivity contribution in [1.29, 1.82) is 0 Å². The predicted octanol–water partition coefficient (Wildman–Crippen LogP) is 2.46. The maximum atomic E-state index is 4.71. The fraction of sp³-hybridized carbons (Fsp3) is 0.600. The Morgan fingerprint density at radius 1 is 1.29 bits per heavy atom. The van der Waals surface area contributed by atoms with Crippen LogP contribution >= 0.6 is 15.9 Å². The first-order chi connectivity index (χ1) is 10.3. The van der Waals surface area contributed by atoms with E-state index in [2.05, 4.69) is 31.2 Å². The van der Waals surface area contributed by atoms with Gasteiger partial charge in [0.25, 0.3) is 0 Å². The maximum absolute atomic E-state index is 4.71. The number of halogens is 1. The molecule has 6 heteroatoms. The van der Waals surface area contributed by atoms with Gasteiger partial charge in [0.05, 0.1) is 0 Å². The molecule has 3 heterocycles. The van der Waals surface area contributed by atoms with Gasteiger partial charge in [0.2, 0.25) is 5.95 Å². The zero-order valence-corrected chi connectivity index (χ0v) is 13.6. The Morgan fingerprint density at radius 2 is 2.19 bits per heavy atom. The van der Waals surface area contributed by atoms with Gasteiger partial charge < -0.3 is 10.2 Å². The second-order valence-electron chi connectivity index (χ2n) is 6.20. The number of pyridine rings is 1. The van der Waals surface area contributed by atoms with Crippen LogP contribution in [-0.2, 0) is 0 Å². The Labute approximate surface area is 132 Å². The Kier molecular flexibility index (Phi) is 3.59. The van der Waals surface area contributed by atoms with Crippen LogP contribution in [0, 0.1) is 5.92 Å². The molecular formula is C15H20BrN5. The van der Waals surface area contributed by atoms with Crippen molar-refractivity contribution in [3.8, 4) is 0 Å². The van der Waals surface area contributed by atoms with E-state index in [0.29, 0.717) is 6.04 Å². The van der Waals surface area contributed by atoms with Gasteiger partial charge in [-0.05, 0) is 66.2 Å². The van der Waals surface area contributed by atoms with Crippen LogP contribution in [0.2, 0.25) is 0 Å². The summed E-state index contributed by atoms with van der Waals surface area (Å²) in [6.07, 6.45) is 7.23. The van der Waals surface area contributed by atoms with Gasteiger partial charge in [-0.1, -0.05) is 0 Å². The Hall–Kier alpha value is -1.14. The SMILES string of the molecule is Brc1ccc2nc(N(CC3CC3)CC3CCCN3)nn2c1. The molecule has 2 fully saturated rings. The molecule has 4 rings (SSSR count). The second kappa shape index (κ2) is 5.57. The summed E-state index contributed by atoms with van der Waals surface area (Å²) in [5, 5.41) is 8.25. The van der Waals surface area contributed by atoms with Gasteiger partial charge in [-0.15, -0.1) is 5.10 Å². The lowest BCUT2D eigenvalue weighted by atomic mass is 10.2. The molecule has 2 aromatic rings. The zero-order valence-electron chi connectivity index (χ0n) is 12.0. The quantitative estimate of drug-likeness (QED) is 0.900. The van der Waals surface area contributed by atoms with Crippen molar-refractivity contribution in [1.82, 2.24) is 19.9 Å². The van der Waals surface area contributed by atoms with Crippen LogP contribution < -0.4 is 10.2 Å². The minimum atomic E-state index is 0.585. The predicted molar refractivity (Wildman–Crippen MR) is 86.6 cm³/mol. The lowest BCUT2D eigenvalue weighted by Gasteiger charge is -2.24. The van der Waals surface area contributed by atoms with E-state index < -0.39 is 0 Å². The van der Waals surface area contributed by atoms with Gasteiger partial charge in [-0.25, -0.2) is 4.52 Å². The van der Waals surface area contributed by atoms with Crippen LogP contribution in [0.15, 0.2) is 22.8 Å². The van der Waals surface area contributed by atoms with Gasteiger partial charge in [-0.2, -0.15) is 4.98 Å².